The highest BCUT2D eigenvalue weighted by molar-refractivity contribution is 5.84. The van der Waals surface area contributed by atoms with E-state index in [0.29, 0.717) is 5.91 Å². The van der Waals surface area contributed by atoms with Crippen molar-refractivity contribution in [2.45, 2.75) is 57.7 Å². The molecule has 1 saturated heterocycles. The third-order valence-electron chi connectivity index (χ3n) is 4.73. The molecule has 1 heterocycles. The summed E-state index contributed by atoms with van der Waals surface area (Å²) in [5, 5.41) is 3.52. The fraction of sp³-hybridized carbons (Fsp3) is 0.611. The lowest BCUT2D eigenvalue weighted by atomic mass is 10.1. The Hall–Kier alpha value is -1.35. The predicted molar refractivity (Wildman–Crippen MR) is 84.8 cm³/mol. The molecule has 1 amide bonds. The molecule has 3 rings (SSSR count). The molecule has 1 aromatic rings. The van der Waals surface area contributed by atoms with E-state index in [1.807, 2.05) is 18.2 Å². The number of hydrogen-bond donors (Lipinski definition) is 1. The van der Waals surface area contributed by atoms with Crippen LogP contribution in [0.15, 0.2) is 30.3 Å². The Morgan fingerprint density at radius 3 is 2.67 bits per heavy atom. The quantitative estimate of drug-likeness (QED) is 0.836. The minimum atomic E-state index is -0.0433. The third-order valence-corrected chi connectivity index (χ3v) is 4.73. The maximum Gasteiger partial charge on any atom is 0.241 e. The summed E-state index contributed by atoms with van der Waals surface area (Å²) in [7, 11) is 0. The molecule has 2 aliphatic rings. The molecule has 3 heteroatoms. The van der Waals surface area contributed by atoms with Crippen LogP contribution in [-0.4, -0.2) is 29.6 Å². The van der Waals surface area contributed by atoms with Gasteiger partial charge in [-0.25, -0.2) is 0 Å². The van der Waals surface area contributed by atoms with Crippen molar-refractivity contribution < 1.29 is 4.79 Å². The lowest BCUT2D eigenvalue weighted by Gasteiger charge is -2.22. The van der Waals surface area contributed by atoms with Gasteiger partial charge in [-0.3, -0.25) is 10.1 Å². The van der Waals surface area contributed by atoms with Crippen molar-refractivity contribution in [3.8, 4) is 0 Å². The molecule has 2 unspecified atom stereocenters. The number of nitrogens with zero attached hydrogens (tertiary/aromatic N) is 1. The van der Waals surface area contributed by atoms with Crippen molar-refractivity contribution in [1.82, 2.24) is 10.2 Å². The van der Waals surface area contributed by atoms with Gasteiger partial charge in [0.1, 0.15) is 0 Å². The summed E-state index contributed by atoms with van der Waals surface area (Å²) in [6.45, 7) is 3.08. The van der Waals surface area contributed by atoms with E-state index in [-0.39, 0.29) is 12.2 Å². The zero-order valence-corrected chi connectivity index (χ0v) is 12.9. The van der Waals surface area contributed by atoms with Crippen LogP contribution >= 0.6 is 0 Å². The topological polar surface area (TPSA) is 32.3 Å². The molecule has 1 aliphatic carbocycles. The van der Waals surface area contributed by atoms with Crippen LogP contribution in [0.25, 0.3) is 0 Å². The smallest absolute Gasteiger partial charge is 0.241 e. The average Bonchev–Trinajstić information content (AvgIpc) is 3.28. The Morgan fingerprint density at radius 2 is 2.00 bits per heavy atom. The molecule has 1 N–H and O–H groups in total. The predicted octanol–water partition coefficient (Wildman–Crippen LogP) is 2.96. The lowest BCUT2D eigenvalue weighted by Crippen LogP contribution is -2.37. The van der Waals surface area contributed by atoms with E-state index >= 15 is 0 Å². The van der Waals surface area contributed by atoms with E-state index in [4.69, 9.17) is 0 Å². The summed E-state index contributed by atoms with van der Waals surface area (Å²) in [6, 6.07) is 10.3. The van der Waals surface area contributed by atoms with Crippen molar-refractivity contribution in [1.29, 1.82) is 0 Å². The SMILES string of the molecule is CCC1NC(Cc2ccccc2)C(=O)N1CCCC1CC1. The maximum atomic E-state index is 12.6. The largest absolute Gasteiger partial charge is 0.326 e. The number of nitrogens with one attached hydrogen (secondary N) is 1. The number of carbonyl (C=O) groups excluding carboxylic acids is 1. The molecule has 0 radical (unpaired) electrons. The minimum absolute atomic E-state index is 0.0433. The van der Waals surface area contributed by atoms with Gasteiger partial charge in [-0.05, 0) is 37.2 Å². The van der Waals surface area contributed by atoms with Crippen LogP contribution in [0, 0.1) is 5.92 Å². The zero-order valence-electron chi connectivity index (χ0n) is 12.9. The van der Waals surface area contributed by atoms with E-state index < -0.39 is 0 Å². The van der Waals surface area contributed by atoms with E-state index in [2.05, 4.69) is 29.3 Å². The Kier molecular flexibility index (Phi) is 4.59. The first-order valence-electron chi connectivity index (χ1n) is 8.38. The van der Waals surface area contributed by atoms with Crippen LogP contribution in [0.5, 0.6) is 0 Å². The molecule has 0 aromatic heterocycles. The number of hydrogen-bond acceptors (Lipinski definition) is 2. The summed E-state index contributed by atoms with van der Waals surface area (Å²) in [5.74, 6) is 1.25. The molecule has 0 bridgehead atoms. The summed E-state index contributed by atoms with van der Waals surface area (Å²) in [4.78, 5) is 14.7. The second-order valence-corrected chi connectivity index (χ2v) is 6.45. The van der Waals surface area contributed by atoms with Gasteiger partial charge >= 0.3 is 0 Å². The molecular weight excluding hydrogens is 260 g/mol. The van der Waals surface area contributed by atoms with Gasteiger partial charge in [-0.15, -0.1) is 0 Å². The molecule has 114 valence electrons. The Balaban J connectivity index is 1.57. The van der Waals surface area contributed by atoms with Gasteiger partial charge in [-0.2, -0.15) is 0 Å². The highest BCUT2D eigenvalue weighted by Gasteiger charge is 2.37. The van der Waals surface area contributed by atoms with E-state index in [0.717, 1.165) is 31.7 Å². The molecule has 2 fully saturated rings. The van der Waals surface area contributed by atoms with Crippen molar-refractivity contribution in [3.05, 3.63) is 35.9 Å². The number of amides is 1. The standard InChI is InChI=1S/C18H26N2O/c1-2-17-19-16(13-15-7-4-3-5-8-15)18(21)20(17)12-6-9-14-10-11-14/h3-5,7-8,14,16-17,19H,2,6,9-13H2,1H3. The average molecular weight is 286 g/mol. The number of rotatable bonds is 7. The maximum absolute atomic E-state index is 12.6. The molecule has 0 spiro atoms. The fourth-order valence-corrected chi connectivity index (χ4v) is 3.30. The summed E-state index contributed by atoms with van der Waals surface area (Å²) >= 11 is 0. The molecule has 1 saturated carbocycles. The van der Waals surface area contributed by atoms with Gasteiger partial charge in [0.05, 0.1) is 12.2 Å². The molecule has 1 aromatic carbocycles. The Bertz CT molecular complexity index is 469. The normalized spacial score (nSPS) is 25.6. The van der Waals surface area contributed by atoms with Crippen LogP contribution in [0.1, 0.15) is 44.6 Å². The van der Waals surface area contributed by atoms with Crippen molar-refractivity contribution in [3.63, 3.8) is 0 Å². The van der Waals surface area contributed by atoms with Gasteiger partial charge in [-0.1, -0.05) is 50.1 Å². The Morgan fingerprint density at radius 1 is 1.24 bits per heavy atom. The van der Waals surface area contributed by atoms with Gasteiger partial charge in [0.25, 0.3) is 0 Å². The summed E-state index contributed by atoms with van der Waals surface area (Å²) in [6.07, 6.45) is 7.27. The second kappa shape index (κ2) is 6.61. The highest BCUT2D eigenvalue weighted by atomic mass is 16.2. The highest BCUT2D eigenvalue weighted by Crippen LogP contribution is 2.33. The number of benzene rings is 1. The zero-order chi connectivity index (χ0) is 14.7. The van der Waals surface area contributed by atoms with E-state index in [9.17, 15) is 4.79 Å². The van der Waals surface area contributed by atoms with Crippen LogP contribution in [-0.2, 0) is 11.2 Å². The van der Waals surface area contributed by atoms with Gasteiger partial charge in [0.2, 0.25) is 5.91 Å². The summed E-state index contributed by atoms with van der Waals surface area (Å²) < 4.78 is 0. The molecule has 1 aliphatic heterocycles. The van der Waals surface area contributed by atoms with Gasteiger partial charge < -0.3 is 4.90 Å². The van der Waals surface area contributed by atoms with Gasteiger partial charge in [0.15, 0.2) is 0 Å². The van der Waals surface area contributed by atoms with Crippen LogP contribution in [0.3, 0.4) is 0 Å². The van der Waals surface area contributed by atoms with E-state index in [1.165, 1.54) is 24.8 Å². The van der Waals surface area contributed by atoms with Crippen LogP contribution < -0.4 is 5.32 Å². The van der Waals surface area contributed by atoms with E-state index in [1.54, 1.807) is 0 Å². The van der Waals surface area contributed by atoms with Crippen LogP contribution in [0.4, 0.5) is 0 Å². The second-order valence-electron chi connectivity index (χ2n) is 6.45. The third kappa shape index (κ3) is 3.65. The van der Waals surface area contributed by atoms with Crippen molar-refractivity contribution in [2.24, 2.45) is 5.92 Å². The van der Waals surface area contributed by atoms with Crippen LogP contribution in [0.2, 0.25) is 0 Å². The first kappa shape index (κ1) is 14.6. The summed E-state index contributed by atoms with van der Waals surface area (Å²) in [5.41, 5.74) is 1.23. The minimum Gasteiger partial charge on any atom is -0.326 e. The monoisotopic (exact) mass is 286 g/mol. The van der Waals surface area contributed by atoms with Crippen molar-refractivity contribution >= 4 is 5.91 Å². The first-order chi connectivity index (χ1) is 10.3. The van der Waals surface area contributed by atoms with Gasteiger partial charge in [0, 0.05) is 6.54 Å². The number of carbonyl (C=O) groups is 1. The fourth-order valence-electron chi connectivity index (χ4n) is 3.30. The molecule has 2 atom stereocenters. The van der Waals surface area contributed by atoms with Crippen molar-refractivity contribution in [2.75, 3.05) is 6.54 Å². The first-order valence-corrected chi connectivity index (χ1v) is 8.38. The molecule has 21 heavy (non-hydrogen) atoms. The molecule has 3 nitrogen and oxygen atoms in total. The molecular formula is C18H26N2O. The Labute approximate surface area is 127 Å². The lowest BCUT2D eigenvalue weighted by molar-refractivity contribution is -0.130.